The molecule has 208 valence electrons. The van der Waals surface area contributed by atoms with E-state index in [1.807, 2.05) is 35.7 Å². The number of sulfonamides is 1. The van der Waals surface area contributed by atoms with Gasteiger partial charge in [0.2, 0.25) is 15.9 Å². The smallest absolute Gasteiger partial charge is 0.330 e. The Kier molecular flexibility index (Phi) is 8.12. The normalized spacial score (nSPS) is 16.3. The maximum Gasteiger partial charge on any atom is 0.416 e. The Hall–Kier alpha value is -2.95. The summed E-state index contributed by atoms with van der Waals surface area (Å²) >= 11 is 1.62. The van der Waals surface area contributed by atoms with Crippen LogP contribution in [0.5, 0.6) is 0 Å². The van der Waals surface area contributed by atoms with Gasteiger partial charge in [-0.1, -0.05) is 57.2 Å². The van der Waals surface area contributed by atoms with Crippen molar-refractivity contribution in [2.24, 2.45) is 0 Å². The molecule has 1 aliphatic heterocycles. The molecule has 0 N–H and O–H groups in total. The largest absolute Gasteiger partial charge is 0.416 e. The van der Waals surface area contributed by atoms with Gasteiger partial charge in [0.25, 0.3) is 0 Å². The van der Waals surface area contributed by atoms with Gasteiger partial charge in [0.05, 0.1) is 23.0 Å². The Bertz CT molecular complexity index is 1460. The van der Waals surface area contributed by atoms with Crippen LogP contribution in [0.25, 0.3) is 0 Å². The summed E-state index contributed by atoms with van der Waals surface area (Å²) in [6.45, 7) is 9.58. The van der Waals surface area contributed by atoms with Crippen LogP contribution in [0.2, 0.25) is 0 Å². The summed E-state index contributed by atoms with van der Waals surface area (Å²) in [7, 11) is -4.42. The second-order valence-corrected chi connectivity index (χ2v) is 13.5. The Balaban J connectivity index is 1.67. The number of benzene rings is 2. The lowest BCUT2D eigenvalue weighted by atomic mass is 9.85. The van der Waals surface area contributed by atoms with Crippen molar-refractivity contribution >= 4 is 27.3 Å². The molecule has 0 aliphatic carbocycles. The third-order valence-electron chi connectivity index (χ3n) is 6.82. The number of hydrogen-bond acceptors (Lipinski definition) is 4. The highest BCUT2D eigenvalue weighted by Crippen LogP contribution is 2.39. The van der Waals surface area contributed by atoms with E-state index in [4.69, 9.17) is 0 Å². The molecule has 0 bridgehead atoms. The van der Waals surface area contributed by atoms with Crippen molar-refractivity contribution < 1.29 is 26.4 Å². The van der Waals surface area contributed by atoms with E-state index in [1.165, 1.54) is 11.0 Å². The summed E-state index contributed by atoms with van der Waals surface area (Å²) in [5, 5.41) is 1.98. The fourth-order valence-electron chi connectivity index (χ4n) is 4.73. The van der Waals surface area contributed by atoms with Crippen LogP contribution in [-0.2, 0) is 32.8 Å². The molecule has 10 heteroatoms. The molecule has 0 saturated carbocycles. The summed E-state index contributed by atoms with van der Waals surface area (Å²) in [5.74, 6) is -0.436. The molecule has 0 radical (unpaired) electrons. The first-order valence-corrected chi connectivity index (χ1v) is 14.8. The zero-order chi connectivity index (χ0) is 28.6. The average molecular weight is 577 g/mol. The molecule has 39 heavy (non-hydrogen) atoms. The third kappa shape index (κ3) is 6.13. The monoisotopic (exact) mass is 576 g/mol. The van der Waals surface area contributed by atoms with Gasteiger partial charge in [0.1, 0.15) is 0 Å². The fourth-order valence-corrected chi connectivity index (χ4v) is 7.04. The number of halogens is 3. The van der Waals surface area contributed by atoms with Gasteiger partial charge in [-0.05, 0) is 58.2 Å². The molecule has 4 rings (SSSR count). The first-order chi connectivity index (χ1) is 18.2. The summed E-state index contributed by atoms with van der Waals surface area (Å²) in [6, 6.07) is 13.2. The summed E-state index contributed by atoms with van der Waals surface area (Å²) in [6.07, 6.45) is -2.75. The topological polar surface area (TPSA) is 57.7 Å². The van der Waals surface area contributed by atoms with Crippen LogP contribution in [-0.4, -0.2) is 43.2 Å². The number of rotatable bonds is 7. The molecular weight excluding hydrogens is 545 g/mol. The number of amides is 1. The lowest BCUT2D eigenvalue weighted by Crippen LogP contribution is -2.46. The standard InChI is InChI=1S/C29H31F3N2O3S2/c1-5-15-33(39(36,37)23-8-6-7-22(18-23)29(30,31)32)19-26(35)34-16-13-25-24(14-17-38-25)27(34)20-9-11-21(12-10-20)28(2,3)4/h5-12,14,17-18,27H,1,13,15-16,19H2,2-4H3. The van der Waals surface area contributed by atoms with Gasteiger partial charge in [-0.2, -0.15) is 17.5 Å². The van der Waals surface area contributed by atoms with Crippen molar-refractivity contribution in [2.45, 2.75) is 49.7 Å². The number of thiophene rings is 1. The van der Waals surface area contributed by atoms with Crippen LogP contribution in [0, 0.1) is 0 Å². The minimum absolute atomic E-state index is 0.0445. The van der Waals surface area contributed by atoms with E-state index in [1.54, 1.807) is 16.2 Å². The molecule has 1 atom stereocenters. The van der Waals surface area contributed by atoms with Crippen LogP contribution in [0.1, 0.15) is 53.9 Å². The number of carbonyl (C=O) groups is 1. The zero-order valence-corrected chi connectivity index (χ0v) is 23.7. The minimum atomic E-state index is -4.70. The molecule has 1 aromatic heterocycles. The summed E-state index contributed by atoms with van der Waals surface area (Å²) < 4.78 is 67.5. The maximum atomic E-state index is 13.7. The van der Waals surface area contributed by atoms with Crippen molar-refractivity contribution in [2.75, 3.05) is 19.6 Å². The van der Waals surface area contributed by atoms with Gasteiger partial charge >= 0.3 is 6.18 Å². The number of fused-ring (bicyclic) bond motifs is 1. The van der Waals surface area contributed by atoms with Crippen molar-refractivity contribution in [3.63, 3.8) is 0 Å². The van der Waals surface area contributed by atoms with E-state index >= 15 is 0 Å². The van der Waals surface area contributed by atoms with Gasteiger partial charge in [-0.3, -0.25) is 4.79 Å². The Morgan fingerprint density at radius 1 is 1.10 bits per heavy atom. The predicted octanol–water partition coefficient (Wildman–Crippen LogP) is 6.42. The summed E-state index contributed by atoms with van der Waals surface area (Å²) in [5.41, 5.74) is 1.94. The predicted molar refractivity (Wildman–Crippen MR) is 147 cm³/mol. The highest BCUT2D eigenvalue weighted by Gasteiger charge is 2.37. The highest BCUT2D eigenvalue weighted by atomic mass is 32.2. The first kappa shape index (κ1) is 29.0. The number of nitrogens with zero attached hydrogens (tertiary/aromatic N) is 2. The van der Waals surface area contributed by atoms with E-state index < -0.39 is 45.2 Å². The number of alkyl halides is 3. The van der Waals surface area contributed by atoms with Gasteiger partial charge < -0.3 is 4.90 Å². The lowest BCUT2D eigenvalue weighted by molar-refractivity contribution is -0.137. The molecule has 0 saturated heterocycles. The van der Waals surface area contributed by atoms with Gasteiger partial charge in [0.15, 0.2) is 0 Å². The van der Waals surface area contributed by atoms with Crippen molar-refractivity contribution in [1.29, 1.82) is 0 Å². The molecule has 2 heterocycles. The van der Waals surface area contributed by atoms with Gasteiger partial charge in [0, 0.05) is 18.0 Å². The van der Waals surface area contributed by atoms with Crippen LogP contribution < -0.4 is 0 Å². The molecule has 0 fully saturated rings. The van der Waals surface area contributed by atoms with E-state index in [2.05, 4.69) is 27.4 Å². The second-order valence-electron chi connectivity index (χ2n) is 10.5. The maximum absolute atomic E-state index is 13.7. The third-order valence-corrected chi connectivity index (χ3v) is 9.63. The fraction of sp³-hybridized carbons (Fsp3) is 0.345. The Labute approximate surface area is 231 Å². The van der Waals surface area contributed by atoms with E-state index in [9.17, 15) is 26.4 Å². The quantitative estimate of drug-likeness (QED) is 0.305. The number of carbonyl (C=O) groups excluding carboxylic acids is 1. The van der Waals surface area contributed by atoms with E-state index in [0.717, 1.165) is 39.2 Å². The second kappa shape index (κ2) is 10.9. The molecule has 1 aliphatic rings. The number of hydrogen-bond donors (Lipinski definition) is 0. The minimum Gasteiger partial charge on any atom is -0.330 e. The zero-order valence-electron chi connectivity index (χ0n) is 22.0. The van der Waals surface area contributed by atoms with Crippen LogP contribution in [0.15, 0.2) is 77.5 Å². The lowest BCUT2D eigenvalue weighted by Gasteiger charge is -2.37. The molecule has 3 aromatic rings. The van der Waals surface area contributed by atoms with Crippen LogP contribution >= 0.6 is 11.3 Å². The van der Waals surface area contributed by atoms with Gasteiger partial charge in [-0.15, -0.1) is 17.9 Å². The molecule has 2 aromatic carbocycles. The molecule has 5 nitrogen and oxygen atoms in total. The van der Waals surface area contributed by atoms with Crippen molar-refractivity contribution in [3.8, 4) is 0 Å². The highest BCUT2D eigenvalue weighted by molar-refractivity contribution is 7.89. The Morgan fingerprint density at radius 3 is 2.41 bits per heavy atom. The van der Waals surface area contributed by atoms with Gasteiger partial charge in [-0.25, -0.2) is 8.42 Å². The van der Waals surface area contributed by atoms with Crippen molar-refractivity contribution in [1.82, 2.24) is 9.21 Å². The van der Waals surface area contributed by atoms with Crippen LogP contribution in [0.4, 0.5) is 13.2 Å². The molecule has 1 amide bonds. The van der Waals surface area contributed by atoms with E-state index in [-0.39, 0.29) is 12.0 Å². The average Bonchev–Trinajstić information content (AvgIpc) is 3.36. The molecule has 0 spiro atoms. The van der Waals surface area contributed by atoms with Crippen molar-refractivity contribution in [3.05, 3.63) is 99.8 Å². The van der Waals surface area contributed by atoms with E-state index in [0.29, 0.717) is 19.0 Å². The van der Waals surface area contributed by atoms with Crippen LogP contribution in [0.3, 0.4) is 0 Å². The molecular formula is C29H31F3N2O3S2. The Morgan fingerprint density at radius 2 is 1.79 bits per heavy atom. The molecule has 1 unspecified atom stereocenters. The SMILES string of the molecule is C=CCN(CC(=O)N1CCc2sccc2C1c1ccc(C(C)(C)C)cc1)S(=O)(=O)c1cccc(C(F)(F)F)c1. The summed E-state index contributed by atoms with van der Waals surface area (Å²) in [4.78, 5) is 16.0. The first-order valence-electron chi connectivity index (χ1n) is 12.5.